The van der Waals surface area contributed by atoms with E-state index in [-0.39, 0.29) is 34.7 Å². The Morgan fingerprint density at radius 2 is 1.68 bits per heavy atom. The fourth-order valence-electron chi connectivity index (χ4n) is 2.03. The van der Waals surface area contributed by atoms with Gasteiger partial charge >= 0.3 is 5.69 Å². The Morgan fingerprint density at radius 3 is 2.21 bits per heavy atom. The number of hydrogen-bond acceptors (Lipinski definition) is 4. The van der Waals surface area contributed by atoms with E-state index in [4.69, 9.17) is 0 Å². The second-order valence-corrected chi connectivity index (χ2v) is 4.67. The van der Waals surface area contributed by atoms with Crippen LogP contribution in [0.4, 0.5) is 0 Å². The zero-order valence-corrected chi connectivity index (χ0v) is 11.1. The number of carbonyl (C=O) groups excluding carboxylic acids is 1. The largest absolute Gasteiger partial charge is 0.618 e. The van der Waals surface area contributed by atoms with Crippen LogP contribution in [0.3, 0.4) is 0 Å². The first-order chi connectivity index (χ1) is 8.93. The molecule has 0 unspecified atom stereocenters. The van der Waals surface area contributed by atoms with E-state index in [0.29, 0.717) is 9.46 Å². The van der Waals surface area contributed by atoms with Crippen LogP contribution in [-0.4, -0.2) is 31.3 Å². The molecule has 0 aliphatic rings. The number of nitrogens with zero attached hydrogens (tertiary/aromatic N) is 3. The highest BCUT2D eigenvalue weighted by atomic mass is 16.5. The van der Waals surface area contributed by atoms with Gasteiger partial charge in [-0.15, -0.1) is 0 Å². The molecule has 0 bridgehead atoms. The molecule has 1 heterocycles. The molecule has 100 valence electrons. The Labute approximate surface area is 110 Å². The summed E-state index contributed by atoms with van der Waals surface area (Å²) in [6, 6.07) is 6.43. The number of aromatic nitrogens is 2. The summed E-state index contributed by atoms with van der Waals surface area (Å²) in [6.45, 7) is 1.57. The number of benzene rings is 1. The smallest absolute Gasteiger partial charge is 0.330 e. The molecule has 1 aromatic carbocycles. The minimum atomic E-state index is -0.368. The van der Waals surface area contributed by atoms with Gasteiger partial charge in [0.2, 0.25) is 5.78 Å². The number of rotatable bonds is 3. The molecule has 1 aromatic heterocycles. The van der Waals surface area contributed by atoms with E-state index in [1.165, 1.54) is 13.0 Å². The van der Waals surface area contributed by atoms with Crippen LogP contribution in [0.25, 0.3) is 11.0 Å². The quantitative estimate of drug-likeness (QED) is 0.448. The van der Waals surface area contributed by atoms with Crippen LogP contribution in [0.1, 0.15) is 16.2 Å². The lowest BCUT2D eigenvalue weighted by Crippen LogP contribution is -2.47. The number of hydrogen-bond donors (Lipinski definition) is 0. The molecule has 0 N–H and O–H groups in total. The third-order valence-electron chi connectivity index (χ3n) is 2.89. The maximum atomic E-state index is 12.2. The van der Waals surface area contributed by atoms with Crippen molar-refractivity contribution in [3.8, 4) is 0 Å². The molecule has 0 radical (unpaired) electrons. The van der Waals surface area contributed by atoms with Crippen molar-refractivity contribution in [2.24, 2.45) is 0 Å². The van der Waals surface area contributed by atoms with Crippen molar-refractivity contribution in [3.05, 3.63) is 46.1 Å². The fourth-order valence-corrected chi connectivity index (χ4v) is 2.03. The van der Waals surface area contributed by atoms with Crippen LogP contribution >= 0.6 is 0 Å². The standard InChI is InChI=1S/C13H15N3O3/c1-9-13(12(17)8-14(2)3)16(19)11-7-5-4-6-10(11)15(9)18/h4-7H,8H2,1-3H3. The minimum Gasteiger partial charge on any atom is -0.618 e. The molecule has 0 aliphatic heterocycles. The van der Waals surface area contributed by atoms with Crippen molar-refractivity contribution >= 4 is 16.8 Å². The van der Waals surface area contributed by atoms with Crippen molar-refractivity contribution in [2.75, 3.05) is 20.6 Å². The number of carbonyl (C=O) groups is 1. The highest BCUT2D eigenvalue weighted by molar-refractivity contribution is 5.95. The zero-order chi connectivity index (χ0) is 14.2. The SMILES string of the molecule is Cc1c(C(=O)CN(C)C)[n+]([O-])c2ccccc2[n+]1[O-]. The van der Waals surface area contributed by atoms with E-state index in [2.05, 4.69) is 0 Å². The summed E-state index contributed by atoms with van der Waals surface area (Å²) in [6.07, 6.45) is 0. The average molecular weight is 261 g/mol. The van der Waals surface area contributed by atoms with Gasteiger partial charge in [-0.2, -0.15) is 9.46 Å². The summed E-state index contributed by atoms with van der Waals surface area (Å²) in [7, 11) is 3.46. The first-order valence-electron chi connectivity index (χ1n) is 5.86. The Bertz CT molecular complexity index is 653. The number of fused-ring (bicyclic) bond motifs is 1. The van der Waals surface area contributed by atoms with E-state index >= 15 is 0 Å². The lowest BCUT2D eigenvalue weighted by Gasteiger charge is -2.12. The Morgan fingerprint density at radius 1 is 1.16 bits per heavy atom. The van der Waals surface area contributed by atoms with Crippen molar-refractivity contribution in [1.29, 1.82) is 0 Å². The second-order valence-electron chi connectivity index (χ2n) is 4.67. The topological polar surface area (TPSA) is 74.2 Å². The highest BCUT2D eigenvalue weighted by Crippen LogP contribution is 2.09. The summed E-state index contributed by atoms with van der Waals surface area (Å²) >= 11 is 0. The van der Waals surface area contributed by atoms with Gasteiger partial charge in [-0.1, -0.05) is 12.1 Å². The van der Waals surface area contributed by atoms with Gasteiger partial charge in [-0.05, 0) is 14.1 Å². The third kappa shape index (κ3) is 2.22. The highest BCUT2D eigenvalue weighted by Gasteiger charge is 2.30. The molecule has 2 rings (SSSR count). The van der Waals surface area contributed by atoms with Gasteiger partial charge in [-0.25, -0.2) is 0 Å². The molecule has 0 amide bonds. The van der Waals surface area contributed by atoms with Gasteiger partial charge < -0.3 is 15.3 Å². The first-order valence-corrected chi connectivity index (χ1v) is 5.86. The lowest BCUT2D eigenvalue weighted by atomic mass is 10.2. The third-order valence-corrected chi connectivity index (χ3v) is 2.89. The van der Waals surface area contributed by atoms with Gasteiger partial charge in [0.1, 0.15) is 0 Å². The Kier molecular flexibility index (Phi) is 3.35. The predicted molar refractivity (Wildman–Crippen MR) is 69.5 cm³/mol. The Hall–Kier alpha value is -2.21. The number of Topliss-reactive ketones (excluding diaryl/α,β-unsaturated/α-hetero) is 1. The van der Waals surface area contributed by atoms with Crippen LogP contribution < -0.4 is 9.46 Å². The zero-order valence-electron chi connectivity index (χ0n) is 11.1. The van der Waals surface area contributed by atoms with Crippen LogP contribution in [0.5, 0.6) is 0 Å². The molecule has 0 saturated heterocycles. The minimum absolute atomic E-state index is 0.0847. The van der Waals surface area contributed by atoms with Crippen LogP contribution in [0, 0.1) is 17.3 Å². The Balaban J connectivity index is 2.71. The second kappa shape index (κ2) is 4.81. The molecule has 0 spiro atoms. The van der Waals surface area contributed by atoms with Crippen molar-refractivity contribution in [1.82, 2.24) is 4.90 Å². The molecular formula is C13H15N3O3. The number of likely N-dealkylation sites (N-methyl/N-ethyl adjacent to an activating group) is 1. The normalized spacial score (nSPS) is 11.2. The van der Waals surface area contributed by atoms with E-state index in [1.54, 1.807) is 37.2 Å². The maximum Gasteiger partial charge on any atom is 0.330 e. The van der Waals surface area contributed by atoms with Crippen molar-refractivity contribution in [2.45, 2.75) is 6.92 Å². The molecular weight excluding hydrogens is 246 g/mol. The van der Waals surface area contributed by atoms with Crippen LogP contribution in [0.2, 0.25) is 0 Å². The van der Waals surface area contributed by atoms with E-state index in [9.17, 15) is 15.2 Å². The van der Waals surface area contributed by atoms with Gasteiger partial charge in [-0.3, -0.25) is 4.79 Å². The lowest BCUT2D eigenvalue weighted by molar-refractivity contribution is -0.635. The van der Waals surface area contributed by atoms with Crippen molar-refractivity contribution in [3.63, 3.8) is 0 Å². The van der Waals surface area contributed by atoms with Gasteiger partial charge in [0, 0.05) is 19.1 Å². The van der Waals surface area contributed by atoms with E-state index in [1.807, 2.05) is 0 Å². The van der Waals surface area contributed by atoms with E-state index in [0.717, 1.165) is 0 Å². The molecule has 19 heavy (non-hydrogen) atoms. The molecule has 6 heteroatoms. The molecule has 0 aliphatic carbocycles. The number of ketones is 1. The molecule has 0 saturated carbocycles. The fraction of sp³-hybridized carbons (Fsp3) is 0.308. The van der Waals surface area contributed by atoms with Gasteiger partial charge in [0.05, 0.1) is 6.54 Å². The van der Waals surface area contributed by atoms with E-state index < -0.39 is 0 Å². The average Bonchev–Trinajstić information content (AvgIpc) is 2.35. The number of para-hydroxylation sites is 2. The van der Waals surface area contributed by atoms with Gasteiger partial charge in [0.15, 0.2) is 0 Å². The summed E-state index contributed by atoms with van der Waals surface area (Å²) in [4.78, 5) is 13.7. The first kappa shape index (κ1) is 13.2. The summed E-state index contributed by atoms with van der Waals surface area (Å²) in [5.74, 6) is -0.368. The maximum absolute atomic E-state index is 12.2. The predicted octanol–water partition coefficient (Wildman–Crippen LogP) is 0.159. The summed E-state index contributed by atoms with van der Waals surface area (Å²) < 4.78 is 1.18. The molecule has 2 aromatic rings. The van der Waals surface area contributed by atoms with Gasteiger partial charge in [0.25, 0.3) is 16.7 Å². The molecule has 0 atom stereocenters. The summed E-state index contributed by atoms with van der Waals surface area (Å²) in [5, 5.41) is 24.3. The van der Waals surface area contributed by atoms with Crippen molar-refractivity contribution < 1.29 is 14.3 Å². The molecule has 0 fully saturated rings. The van der Waals surface area contributed by atoms with Crippen LogP contribution in [0.15, 0.2) is 24.3 Å². The monoisotopic (exact) mass is 261 g/mol. The summed E-state index contributed by atoms with van der Waals surface area (Å²) in [5.41, 5.74) is 0.490. The molecule has 6 nitrogen and oxygen atoms in total. The van der Waals surface area contributed by atoms with Crippen LogP contribution in [-0.2, 0) is 0 Å².